The van der Waals surface area contributed by atoms with E-state index in [4.69, 9.17) is 9.47 Å². The summed E-state index contributed by atoms with van der Waals surface area (Å²) in [6.07, 6.45) is 3.57. The maximum atomic E-state index is 12.7. The van der Waals surface area contributed by atoms with Crippen LogP contribution in [0, 0.1) is 12.8 Å². The SMILES string of the molecule is C=CCc1cc(C=NNC(=O)[C@@H](NC(=O)COc2ccccc2C)C(C)C)cc(OCC)c1O. The van der Waals surface area contributed by atoms with Gasteiger partial charge in [-0.1, -0.05) is 38.1 Å². The van der Waals surface area contributed by atoms with Crippen molar-refractivity contribution in [2.45, 2.75) is 40.2 Å². The summed E-state index contributed by atoms with van der Waals surface area (Å²) < 4.78 is 11.0. The molecule has 0 bridgehead atoms. The van der Waals surface area contributed by atoms with E-state index in [1.54, 1.807) is 24.3 Å². The van der Waals surface area contributed by atoms with Gasteiger partial charge in [0.25, 0.3) is 11.8 Å². The molecule has 1 atom stereocenters. The summed E-state index contributed by atoms with van der Waals surface area (Å²) >= 11 is 0. The fraction of sp³-hybridized carbons (Fsp3) is 0.346. The van der Waals surface area contributed by atoms with Crippen molar-refractivity contribution >= 4 is 18.0 Å². The van der Waals surface area contributed by atoms with E-state index in [1.165, 1.54) is 6.21 Å². The summed E-state index contributed by atoms with van der Waals surface area (Å²) in [7, 11) is 0. The number of aromatic hydroxyl groups is 1. The van der Waals surface area contributed by atoms with Crippen molar-refractivity contribution in [2.75, 3.05) is 13.2 Å². The number of ether oxygens (including phenoxy) is 2. The van der Waals surface area contributed by atoms with E-state index in [0.717, 1.165) is 5.56 Å². The smallest absolute Gasteiger partial charge is 0.262 e. The van der Waals surface area contributed by atoms with Crippen LogP contribution < -0.4 is 20.2 Å². The quantitative estimate of drug-likeness (QED) is 0.251. The molecule has 0 radical (unpaired) electrons. The second-order valence-corrected chi connectivity index (χ2v) is 8.03. The lowest BCUT2D eigenvalue weighted by Crippen LogP contribution is -2.49. The van der Waals surface area contributed by atoms with Gasteiger partial charge >= 0.3 is 0 Å². The minimum atomic E-state index is -0.791. The first kappa shape index (κ1) is 26.4. The zero-order valence-corrected chi connectivity index (χ0v) is 20.1. The summed E-state index contributed by atoms with van der Waals surface area (Å²) in [5.74, 6) is -0.0336. The van der Waals surface area contributed by atoms with Gasteiger partial charge in [0, 0.05) is 5.56 Å². The Hall–Kier alpha value is -3.81. The lowest BCUT2D eigenvalue weighted by atomic mass is 10.0. The molecule has 0 aromatic heterocycles. The fourth-order valence-corrected chi connectivity index (χ4v) is 3.19. The largest absolute Gasteiger partial charge is 0.504 e. The van der Waals surface area contributed by atoms with Gasteiger partial charge in [-0.15, -0.1) is 6.58 Å². The molecular formula is C26H33N3O5. The maximum absolute atomic E-state index is 12.7. The summed E-state index contributed by atoms with van der Waals surface area (Å²) in [5, 5.41) is 17.0. The Morgan fingerprint density at radius 2 is 1.91 bits per heavy atom. The molecular weight excluding hydrogens is 434 g/mol. The van der Waals surface area contributed by atoms with Crippen LogP contribution in [0.1, 0.15) is 37.5 Å². The molecule has 8 nitrogen and oxygen atoms in total. The number of nitrogens with one attached hydrogen (secondary N) is 2. The lowest BCUT2D eigenvalue weighted by molar-refractivity contribution is -0.131. The molecule has 0 saturated carbocycles. The summed E-state index contributed by atoms with van der Waals surface area (Å²) in [6.45, 7) is 11.2. The van der Waals surface area contributed by atoms with E-state index in [0.29, 0.717) is 35.7 Å². The van der Waals surface area contributed by atoms with Crippen LogP contribution >= 0.6 is 0 Å². The Kier molecular flexibility index (Phi) is 10.1. The van der Waals surface area contributed by atoms with E-state index in [-0.39, 0.29) is 18.3 Å². The standard InChI is InChI=1S/C26H33N3O5/c1-6-10-20-13-19(14-22(25(20)31)33-7-2)15-27-29-26(32)24(17(3)4)28-23(30)16-34-21-12-9-8-11-18(21)5/h6,8-9,11-15,17,24,31H,1,7,10,16H2,2-5H3,(H,28,30)(H,29,32)/t24-/m0/s1. The molecule has 3 N–H and O–H groups in total. The third kappa shape index (κ3) is 7.65. The van der Waals surface area contributed by atoms with Crippen molar-refractivity contribution in [1.82, 2.24) is 10.7 Å². The number of phenols is 1. The third-order valence-corrected chi connectivity index (χ3v) is 4.95. The molecule has 0 aliphatic carbocycles. The number of hydrogen-bond acceptors (Lipinski definition) is 6. The molecule has 0 unspecified atom stereocenters. The number of aryl methyl sites for hydroxylation is 1. The van der Waals surface area contributed by atoms with Gasteiger partial charge in [-0.3, -0.25) is 9.59 Å². The Bertz CT molecular complexity index is 1030. The molecule has 2 aromatic carbocycles. The van der Waals surface area contributed by atoms with Crippen LogP contribution in [0.5, 0.6) is 17.2 Å². The van der Waals surface area contributed by atoms with Crippen LogP contribution in [-0.2, 0) is 16.0 Å². The average Bonchev–Trinajstić information content (AvgIpc) is 2.79. The van der Waals surface area contributed by atoms with Crippen molar-refractivity contribution in [1.29, 1.82) is 0 Å². The van der Waals surface area contributed by atoms with Crippen molar-refractivity contribution in [3.8, 4) is 17.2 Å². The number of allylic oxidation sites excluding steroid dienone is 1. The van der Waals surface area contributed by atoms with E-state index < -0.39 is 17.9 Å². The third-order valence-electron chi connectivity index (χ3n) is 4.95. The first-order valence-corrected chi connectivity index (χ1v) is 11.2. The highest BCUT2D eigenvalue weighted by Crippen LogP contribution is 2.32. The topological polar surface area (TPSA) is 109 Å². The Morgan fingerprint density at radius 1 is 1.18 bits per heavy atom. The number of amides is 2. The molecule has 2 amide bonds. The van der Waals surface area contributed by atoms with Gasteiger partial charge in [-0.2, -0.15) is 5.10 Å². The van der Waals surface area contributed by atoms with Gasteiger partial charge in [0.05, 0.1) is 12.8 Å². The van der Waals surface area contributed by atoms with E-state index in [2.05, 4.69) is 22.4 Å². The molecule has 0 saturated heterocycles. The lowest BCUT2D eigenvalue weighted by Gasteiger charge is -2.20. The Morgan fingerprint density at radius 3 is 2.56 bits per heavy atom. The molecule has 2 rings (SSSR count). The molecule has 182 valence electrons. The molecule has 0 aliphatic heterocycles. The number of benzene rings is 2. The zero-order chi connectivity index (χ0) is 25.1. The first-order chi connectivity index (χ1) is 16.3. The second kappa shape index (κ2) is 13.0. The highest BCUT2D eigenvalue weighted by molar-refractivity contribution is 5.89. The minimum Gasteiger partial charge on any atom is -0.504 e. The molecule has 34 heavy (non-hydrogen) atoms. The van der Waals surface area contributed by atoms with Gasteiger partial charge in [0.1, 0.15) is 11.8 Å². The van der Waals surface area contributed by atoms with E-state index >= 15 is 0 Å². The number of carbonyl (C=O) groups excluding carboxylic acids is 2. The number of carbonyl (C=O) groups is 2. The first-order valence-electron chi connectivity index (χ1n) is 11.2. The average molecular weight is 468 g/mol. The van der Waals surface area contributed by atoms with Crippen molar-refractivity contribution in [3.05, 3.63) is 65.7 Å². The Labute approximate surface area is 200 Å². The van der Waals surface area contributed by atoms with Crippen molar-refractivity contribution < 1.29 is 24.2 Å². The van der Waals surface area contributed by atoms with E-state index in [1.807, 2.05) is 45.9 Å². The van der Waals surface area contributed by atoms with Gasteiger partial charge in [0.2, 0.25) is 0 Å². The van der Waals surface area contributed by atoms with Crippen LogP contribution in [0.2, 0.25) is 0 Å². The highest BCUT2D eigenvalue weighted by Gasteiger charge is 2.24. The van der Waals surface area contributed by atoms with Crippen LogP contribution in [0.15, 0.2) is 54.2 Å². The van der Waals surface area contributed by atoms with Gasteiger partial charge in [-0.25, -0.2) is 5.43 Å². The maximum Gasteiger partial charge on any atom is 0.262 e. The number of hydrogen-bond donors (Lipinski definition) is 3. The summed E-state index contributed by atoms with van der Waals surface area (Å²) in [6, 6.07) is 9.96. The number of phenolic OH excluding ortho intramolecular Hbond substituents is 1. The molecule has 0 spiro atoms. The van der Waals surface area contributed by atoms with Crippen LogP contribution in [0.4, 0.5) is 0 Å². The van der Waals surface area contributed by atoms with Gasteiger partial charge in [-0.05, 0) is 55.5 Å². The molecule has 0 heterocycles. The molecule has 8 heteroatoms. The highest BCUT2D eigenvalue weighted by atomic mass is 16.5. The Balaban J connectivity index is 2.02. The number of rotatable bonds is 12. The summed E-state index contributed by atoms with van der Waals surface area (Å²) in [4.78, 5) is 25.0. The van der Waals surface area contributed by atoms with Crippen molar-refractivity contribution in [3.63, 3.8) is 0 Å². The van der Waals surface area contributed by atoms with Crippen LogP contribution in [0.25, 0.3) is 0 Å². The van der Waals surface area contributed by atoms with Gasteiger partial charge < -0.3 is 19.9 Å². The molecule has 2 aromatic rings. The van der Waals surface area contributed by atoms with Crippen LogP contribution in [0.3, 0.4) is 0 Å². The number of hydrazone groups is 1. The number of nitrogens with zero attached hydrogens (tertiary/aromatic N) is 1. The molecule has 0 aliphatic rings. The predicted octanol–water partition coefficient (Wildman–Crippen LogP) is 3.50. The normalized spacial score (nSPS) is 11.8. The number of para-hydroxylation sites is 1. The molecule has 0 fully saturated rings. The van der Waals surface area contributed by atoms with E-state index in [9.17, 15) is 14.7 Å². The predicted molar refractivity (Wildman–Crippen MR) is 132 cm³/mol. The second-order valence-electron chi connectivity index (χ2n) is 8.03. The fourth-order valence-electron chi connectivity index (χ4n) is 3.19. The summed E-state index contributed by atoms with van der Waals surface area (Å²) in [5.41, 5.74) is 4.66. The van der Waals surface area contributed by atoms with Crippen LogP contribution in [-0.4, -0.2) is 42.4 Å². The minimum absolute atomic E-state index is 0.0541. The zero-order valence-electron chi connectivity index (χ0n) is 20.1. The monoisotopic (exact) mass is 467 g/mol. The van der Waals surface area contributed by atoms with Gasteiger partial charge in [0.15, 0.2) is 18.1 Å². The van der Waals surface area contributed by atoms with Crippen molar-refractivity contribution in [2.24, 2.45) is 11.0 Å².